The van der Waals surface area contributed by atoms with E-state index >= 15 is 0 Å². The molecule has 1 fully saturated rings. The van der Waals surface area contributed by atoms with E-state index in [1.165, 1.54) is 0 Å². The number of rotatable bonds is 8. The highest BCUT2D eigenvalue weighted by Gasteiger charge is 2.39. The molecule has 1 aliphatic carbocycles. The molecule has 0 radical (unpaired) electrons. The Morgan fingerprint density at radius 1 is 1.14 bits per heavy atom. The fraction of sp³-hybridized carbons (Fsp3) is 0.429. The SMILES string of the molecule is CN1CCN(CCCN(C)C(=O)C2=CC3(C)C=C(Nc4nccc(-c5ccccn5)n4)C=CC3N2)CC1. The number of amides is 1. The Kier molecular flexibility index (Phi) is 7.34. The monoisotopic (exact) mass is 500 g/mol. The molecule has 0 bridgehead atoms. The normalized spacial score (nSPS) is 23.6. The number of aromatic nitrogens is 3. The Balaban J connectivity index is 1.20. The van der Waals surface area contributed by atoms with Crippen LogP contribution in [0.25, 0.3) is 11.4 Å². The maximum absolute atomic E-state index is 13.2. The third kappa shape index (κ3) is 5.89. The van der Waals surface area contributed by atoms with Crippen molar-refractivity contribution in [3.63, 3.8) is 0 Å². The minimum atomic E-state index is -0.332. The van der Waals surface area contributed by atoms with Crippen LogP contribution in [0.4, 0.5) is 5.95 Å². The number of allylic oxidation sites excluding steroid dienone is 1. The van der Waals surface area contributed by atoms with Crippen LogP contribution in [0.2, 0.25) is 0 Å². The molecule has 2 aromatic heterocycles. The van der Waals surface area contributed by atoms with E-state index in [1.54, 1.807) is 12.4 Å². The van der Waals surface area contributed by atoms with E-state index in [0.717, 1.165) is 62.8 Å². The molecule has 4 heterocycles. The van der Waals surface area contributed by atoms with E-state index in [0.29, 0.717) is 11.6 Å². The van der Waals surface area contributed by atoms with Crippen LogP contribution in [0.15, 0.2) is 72.4 Å². The summed E-state index contributed by atoms with van der Waals surface area (Å²) in [5.41, 5.74) is 2.77. The Hall–Kier alpha value is -3.56. The van der Waals surface area contributed by atoms with E-state index in [-0.39, 0.29) is 17.4 Å². The largest absolute Gasteiger partial charge is 0.373 e. The van der Waals surface area contributed by atoms with Gasteiger partial charge in [-0.25, -0.2) is 9.97 Å². The fourth-order valence-corrected chi connectivity index (χ4v) is 5.05. The first-order valence-corrected chi connectivity index (χ1v) is 13.0. The molecule has 9 heteroatoms. The van der Waals surface area contributed by atoms with Crippen molar-refractivity contribution in [2.24, 2.45) is 5.41 Å². The molecule has 194 valence electrons. The van der Waals surface area contributed by atoms with Crippen molar-refractivity contribution in [1.29, 1.82) is 0 Å². The number of nitrogens with zero attached hydrogens (tertiary/aromatic N) is 6. The molecule has 37 heavy (non-hydrogen) atoms. The van der Waals surface area contributed by atoms with Gasteiger partial charge in [0.2, 0.25) is 5.95 Å². The number of carbonyl (C=O) groups excluding carboxylic acids is 1. The zero-order valence-electron chi connectivity index (χ0n) is 21.9. The maximum atomic E-state index is 13.2. The van der Waals surface area contributed by atoms with Crippen LogP contribution in [0.3, 0.4) is 0 Å². The smallest absolute Gasteiger partial charge is 0.269 e. The molecule has 5 rings (SSSR count). The molecule has 0 spiro atoms. The standard InChI is InChI=1S/C28H36N8O/c1-28-19-21(31-27-30-12-10-23(33-27)22-7-4-5-11-29-22)8-9-25(28)32-24(20-28)26(37)35(3)13-6-14-36-17-15-34(2)16-18-36/h4-5,7-12,19-20,25,32H,6,13-18H2,1-3H3,(H,30,31,33). The zero-order valence-corrected chi connectivity index (χ0v) is 21.9. The van der Waals surface area contributed by atoms with Crippen molar-refractivity contribution < 1.29 is 4.79 Å². The summed E-state index contributed by atoms with van der Waals surface area (Å²) in [5.74, 6) is 0.545. The molecule has 2 atom stereocenters. The first-order valence-electron chi connectivity index (χ1n) is 13.0. The summed E-state index contributed by atoms with van der Waals surface area (Å²) >= 11 is 0. The first kappa shape index (κ1) is 25.1. The number of hydrogen-bond donors (Lipinski definition) is 2. The average molecular weight is 501 g/mol. The summed E-state index contributed by atoms with van der Waals surface area (Å²) < 4.78 is 0. The third-order valence-corrected chi connectivity index (χ3v) is 7.35. The number of anilines is 1. The zero-order chi connectivity index (χ0) is 25.8. The summed E-state index contributed by atoms with van der Waals surface area (Å²) in [5, 5.41) is 6.75. The number of hydrogen-bond acceptors (Lipinski definition) is 8. The molecule has 1 saturated heterocycles. The van der Waals surface area contributed by atoms with Crippen molar-refractivity contribution >= 4 is 11.9 Å². The van der Waals surface area contributed by atoms with Gasteiger partial charge in [-0.2, -0.15) is 0 Å². The molecule has 2 aromatic rings. The third-order valence-electron chi connectivity index (χ3n) is 7.35. The van der Waals surface area contributed by atoms with Crippen molar-refractivity contribution in [2.45, 2.75) is 19.4 Å². The molecule has 1 amide bonds. The van der Waals surface area contributed by atoms with Gasteiger partial charge in [-0.15, -0.1) is 0 Å². The lowest BCUT2D eigenvalue weighted by Crippen LogP contribution is -2.45. The van der Waals surface area contributed by atoms with Crippen LogP contribution in [-0.2, 0) is 4.79 Å². The molecule has 9 nitrogen and oxygen atoms in total. The fourth-order valence-electron chi connectivity index (χ4n) is 5.05. The predicted molar refractivity (Wildman–Crippen MR) is 145 cm³/mol. The lowest BCUT2D eigenvalue weighted by atomic mass is 9.80. The molecule has 2 N–H and O–H groups in total. The second-order valence-electron chi connectivity index (χ2n) is 10.3. The van der Waals surface area contributed by atoms with Gasteiger partial charge in [0.1, 0.15) is 0 Å². The highest BCUT2D eigenvalue weighted by molar-refractivity contribution is 5.93. The van der Waals surface area contributed by atoms with Gasteiger partial charge in [0.25, 0.3) is 5.91 Å². The molecule has 2 aliphatic heterocycles. The van der Waals surface area contributed by atoms with Crippen LogP contribution in [0.5, 0.6) is 0 Å². The quantitative estimate of drug-likeness (QED) is 0.571. The van der Waals surface area contributed by atoms with E-state index < -0.39 is 0 Å². The molecular formula is C28H36N8O. The Morgan fingerprint density at radius 2 is 1.97 bits per heavy atom. The van der Waals surface area contributed by atoms with Gasteiger partial charge in [-0.05, 0) is 56.4 Å². The van der Waals surface area contributed by atoms with Crippen LogP contribution in [0.1, 0.15) is 13.3 Å². The first-order chi connectivity index (χ1) is 17.9. The Bertz CT molecular complexity index is 1200. The second-order valence-corrected chi connectivity index (χ2v) is 10.3. The van der Waals surface area contributed by atoms with Crippen molar-refractivity contribution in [3.05, 3.63) is 72.4 Å². The number of likely N-dealkylation sites (N-methyl/N-ethyl adjacent to an activating group) is 2. The summed E-state index contributed by atoms with van der Waals surface area (Å²) in [4.78, 5) is 33.2. The van der Waals surface area contributed by atoms with Crippen molar-refractivity contribution in [1.82, 2.24) is 35.0 Å². The molecule has 0 saturated carbocycles. The van der Waals surface area contributed by atoms with Crippen LogP contribution >= 0.6 is 0 Å². The lowest BCUT2D eigenvalue weighted by molar-refractivity contribution is -0.126. The highest BCUT2D eigenvalue weighted by Crippen LogP contribution is 2.37. The van der Waals surface area contributed by atoms with Gasteiger partial charge >= 0.3 is 0 Å². The summed E-state index contributed by atoms with van der Waals surface area (Å²) in [6.07, 6.45) is 12.7. The van der Waals surface area contributed by atoms with Gasteiger partial charge in [0, 0.05) is 63.3 Å². The van der Waals surface area contributed by atoms with Gasteiger partial charge < -0.3 is 25.3 Å². The van der Waals surface area contributed by atoms with Crippen molar-refractivity contribution in [2.75, 3.05) is 58.7 Å². The minimum absolute atomic E-state index is 0.0245. The summed E-state index contributed by atoms with van der Waals surface area (Å²) in [6.45, 7) is 8.35. The van der Waals surface area contributed by atoms with Gasteiger partial charge in [-0.3, -0.25) is 9.78 Å². The van der Waals surface area contributed by atoms with Crippen LogP contribution < -0.4 is 10.6 Å². The number of nitrogens with one attached hydrogen (secondary N) is 2. The van der Waals surface area contributed by atoms with Crippen LogP contribution in [-0.4, -0.2) is 95.0 Å². The van der Waals surface area contributed by atoms with E-state index in [1.807, 2.05) is 48.4 Å². The predicted octanol–water partition coefficient (Wildman–Crippen LogP) is 2.36. The number of pyridine rings is 1. The summed E-state index contributed by atoms with van der Waals surface area (Å²) in [6, 6.07) is 7.62. The molecule has 3 aliphatic rings. The van der Waals surface area contributed by atoms with Gasteiger partial charge in [0.05, 0.1) is 23.1 Å². The van der Waals surface area contributed by atoms with E-state index in [2.05, 4.69) is 61.5 Å². The van der Waals surface area contributed by atoms with Crippen molar-refractivity contribution in [3.8, 4) is 11.4 Å². The molecule has 0 aromatic carbocycles. The Morgan fingerprint density at radius 3 is 2.76 bits per heavy atom. The average Bonchev–Trinajstić information content (AvgIpc) is 3.26. The van der Waals surface area contributed by atoms with E-state index in [9.17, 15) is 4.79 Å². The topological polar surface area (TPSA) is 89.5 Å². The van der Waals surface area contributed by atoms with Gasteiger partial charge in [-0.1, -0.05) is 19.1 Å². The van der Waals surface area contributed by atoms with Gasteiger partial charge in [0.15, 0.2) is 0 Å². The summed E-state index contributed by atoms with van der Waals surface area (Å²) in [7, 11) is 4.06. The van der Waals surface area contributed by atoms with E-state index in [4.69, 9.17) is 0 Å². The minimum Gasteiger partial charge on any atom is -0.373 e. The molecular weight excluding hydrogens is 464 g/mol. The highest BCUT2D eigenvalue weighted by atomic mass is 16.2. The second kappa shape index (κ2) is 10.8. The Labute approximate surface area is 219 Å². The number of piperazine rings is 1. The number of carbonyl (C=O) groups is 1. The molecule has 2 unspecified atom stereocenters. The van der Waals surface area contributed by atoms with Crippen LogP contribution in [0, 0.1) is 5.41 Å². The number of fused-ring (bicyclic) bond motifs is 1. The lowest BCUT2D eigenvalue weighted by Gasteiger charge is -2.32. The maximum Gasteiger partial charge on any atom is 0.269 e.